The number of para-hydroxylation sites is 2. The Morgan fingerprint density at radius 1 is 0.489 bits per heavy atom. The molecule has 0 saturated heterocycles. The van der Waals surface area contributed by atoms with Crippen molar-refractivity contribution in [3.05, 3.63) is 142 Å². The Balaban J connectivity index is 0.000000320. The number of benzene rings is 4. The number of amidine groups is 2. The maximum Gasteiger partial charge on any atom is 4.00 e. The quantitative estimate of drug-likeness (QED) is 0.0575. The number of anilines is 2. The third-order valence-corrected chi connectivity index (χ3v) is 8.11. The average molecular weight is 828 g/mol. The van der Waals surface area contributed by atoms with Gasteiger partial charge >= 0.3 is 25.8 Å². The van der Waals surface area contributed by atoms with Gasteiger partial charge < -0.3 is 30.6 Å². The van der Waals surface area contributed by atoms with E-state index in [0.29, 0.717) is 0 Å². The van der Waals surface area contributed by atoms with Crippen molar-refractivity contribution in [3.63, 3.8) is 0 Å². The van der Waals surface area contributed by atoms with E-state index < -0.39 is 16.5 Å². The number of aliphatic imine (C=N–C) groups is 2. The summed E-state index contributed by atoms with van der Waals surface area (Å²) in [6.07, 6.45) is 1.99. The van der Waals surface area contributed by atoms with E-state index >= 15 is 0 Å². The SMILES string of the molecule is C[Si](C)(C)[N-]C(=NCCCNc1ccccc1)c1ccccc1.C[Si](C)(C)[N-]C(=NCCCNc1ccccc1)c1ccccc1.[Hf+4]. The Labute approximate surface area is 305 Å². The smallest absolute Gasteiger partial charge is 0.472 e. The molecule has 2 N–H and O–H groups in total. The van der Waals surface area contributed by atoms with Gasteiger partial charge in [0.1, 0.15) is 0 Å². The largest absolute Gasteiger partial charge is 4.00 e. The monoisotopic (exact) mass is 828 g/mol. The first-order chi connectivity index (χ1) is 22.1. The normalized spacial score (nSPS) is 11.8. The van der Waals surface area contributed by atoms with Gasteiger partial charge in [-0.3, -0.25) is 0 Å². The number of nitrogens with one attached hydrogen (secondary N) is 2. The van der Waals surface area contributed by atoms with E-state index in [2.05, 4.69) is 98.4 Å². The zero-order chi connectivity index (χ0) is 33.1. The van der Waals surface area contributed by atoms with Crippen molar-refractivity contribution in [1.82, 2.24) is 0 Å². The molecule has 0 bridgehead atoms. The fraction of sp³-hybridized carbons (Fsp3) is 0.316. The van der Waals surface area contributed by atoms with Gasteiger partial charge in [-0.2, -0.15) is 0 Å². The van der Waals surface area contributed by atoms with Crippen LogP contribution in [-0.2, 0) is 25.8 Å². The van der Waals surface area contributed by atoms with Gasteiger partial charge in [-0.1, -0.05) is 148 Å². The molecule has 0 aliphatic carbocycles. The second-order valence-electron chi connectivity index (χ2n) is 13.0. The van der Waals surface area contributed by atoms with Crippen LogP contribution in [0.25, 0.3) is 9.96 Å². The molecule has 9 heteroatoms. The average Bonchev–Trinajstić information content (AvgIpc) is 3.04. The second kappa shape index (κ2) is 21.6. The Morgan fingerprint density at radius 2 is 0.787 bits per heavy atom. The Bertz CT molecular complexity index is 1330. The molecule has 0 aliphatic heterocycles. The van der Waals surface area contributed by atoms with Gasteiger partial charge in [0.15, 0.2) is 0 Å². The molecule has 6 nitrogen and oxygen atoms in total. The van der Waals surface area contributed by atoms with Crippen LogP contribution in [0.4, 0.5) is 11.4 Å². The van der Waals surface area contributed by atoms with Gasteiger partial charge in [0.25, 0.3) is 0 Å². The molecule has 4 aromatic carbocycles. The van der Waals surface area contributed by atoms with Crippen molar-refractivity contribution in [2.45, 2.75) is 52.1 Å². The van der Waals surface area contributed by atoms with Gasteiger partial charge in [-0.05, 0) is 61.3 Å². The molecule has 0 spiro atoms. The van der Waals surface area contributed by atoms with Crippen molar-refractivity contribution in [2.24, 2.45) is 9.98 Å². The van der Waals surface area contributed by atoms with Crippen molar-refractivity contribution >= 4 is 39.5 Å². The number of hydrogen-bond donors (Lipinski definition) is 2. The summed E-state index contributed by atoms with van der Waals surface area (Å²) in [5.41, 5.74) is 4.55. The van der Waals surface area contributed by atoms with E-state index in [9.17, 15) is 0 Å². The summed E-state index contributed by atoms with van der Waals surface area (Å²) in [6, 6.07) is 41.1. The topological polar surface area (TPSA) is 77.0 Å². The van der Waals surface area contributed by atoms with Crippen molar-refractivity contribution < 1.29 is 25.8 Å². The van der Waals surface area contributed by atoms with Gasteiger partial charge in [0.2, 0.25) is 0 Å². The Hall–Kier alpha value is -3.28. The molecular formula is C38H52HfN6Si2+2. The molecule has 0 radical (unpaired) electrons. The molecule has 244 valence electrons. The van der Waals surface area contributed by atoms with Crippen LogP contribution < -0.4 is 10.6 Å². The minimum atomic E-state index is -1.55. The van der Waals surface area contributed by atoms with Gasteiger partial charge in [-0.25, -0.2) is 0 Å². The van der Waals surface area contributed by atoms with Gasteiger partial charge in [0.05, 0.1) is 0 Å². The van der Waals surface area contributed by atoms with E-state index in [0.717, 1.165) is 73.2 Å². The zero-order valence-electron chi connectivity index (χ0n) is 29.1. The number of rotatable bonds is 14. The molecule has 0 aliphatic rings. The zero-order valence-corrected chi connectivity index (χ0v) is 34.7. The van der Waals surface area contributed by atoms with Crippen LogP contribution in [0.15, 0.2) is 131 Å². The van der Waals surface area contributed by atoms with Crippen molar-refractivity contribution in [2.75, 3.05) is 36.8 Å². The Kier molecular flexibility index (Phi) is 18.3. The summed E-state index contributed by atoms with van der Waals surface area (Å²) < 4.78 is 0. The van der Waals surface area contributed by atoms with Gasteiger partial charge in [-0.15, -0.1) is 0 Å². The summed E-state index contributed by atoms with van der Waals surface area (Å²) in [6.45, 7) is 16.8. The number of nitrogens with zero attached hydrogens (tertiary/aromatic N) is 4. The minimum Gasteiger partial charge on any atom is -0.472 e. The molecule has 4 aromatic rings. The molecule has 4 rings (SSSR count). The summed E-state index contributed by atoms with van der Waals surface area (Å²) in [7, 11) is -3.09. The molecule has 0 saturated carbocycles. The third kappa shape index (κ3) is 18.0. The summed E-state index contributed by atoms with van der Waals surface area (Å²) in [5, 5.41) is 6.83. The molecule has 0 amide bonds. The molecule has 0 atom stereocenters. The maximum atomic E-state index is 4.90. The van der Waals surface area contributed by atoms with Crippen LogP contribution in [0.1, 0.15) is 24.0 Å². The van der Waals surface area contributed by atoms with Crippen molar-refractivity contribution in [1.29, 1.82) is 0 Å². The predicted molar refractivity (Wildman–Crippen MR) is 208 cm³/mol. The fourth-order valence-corrected chi connectivity index (χ4v) is 5.97. The van der Waals surface area contributed by atoms with Crippen LogP contribution in [0.2, 0.25) is 39.3 Å². The standard InChI is InChI=1S/2C19H26N3Si.Hf/c2*1-23(2,3)22-19(17-11-6-4-7-12-17)21-16-10-15-20-18-13-8-5-9-14-18;/h2*4-9,11-14,20H,10,15-16H2,1-3H3;/q2*-1;+4. The van der Waals surface area contributed by atoms with Gasteiger partial charge in [0, 0.05) is 40.9 Å². The maximum absolute atomic E-state index is 4.90. The third-order valence-electron chi connectivity index (χ3n) is 6.35. The van der Waals surface area contributed by atoms with E-state index in [1.807, 2.05) is 72.8 Å². The fourth-order valence-electron chi connectivity index (χ4n) is 4.30. The van der Waals surface area contributed by atoms with E-state index in [-0.39, 0.29) is 25.8 Å². The summed E-state index contributed by atoms with van der Waals surface area (Å²) in [5.74, 6) is 1.81. The van der Waals surface area contributed by atoms with Crippen molar-refractivity contribution in [3.8, 4) is 0 Å². The first kappa shape index (κ1) is 39.9. The van der Waals surface area contributed by atoms with Crippen LogP contribution in [0, 0.1) is 0 Å². The number of hydrogen-bond acceptors (Lipinski definition) is 4. The summed E-state index contributed by atoms with van der Waals surface area (Å²) in [4.78, 5) is 19.3. The molecular weight excluding hydrogens is 775 g/mol. The Morgan fingerprint density at radius 3 is 1.09 bits per heavy atom. The molecule has 0 fully saturated rings. The molecule has 47 heavy (non-hydrogen) atoms. The summed E-state index contributed by atoms with van der Waals surface area (Å²) >= 11 is 0. The minimum absolute atomic E-state index is 0. The van der Waals surface area contributed by atoms with Crippen LogP contribution >= 0.6 is 0 Å². The first-order valence-corrected chi connectivity index (χ1v) is 23.2. The predicted octanol–water partition coefficient (Wildman–Crippen LogP) is 10.3. The molecule has 0 heterocycles. The van der Waals surface area contributed by atoms with E-state index in [4.69, 9.17) is 19.9 Å². The van der Waals surface area contributed by atoms with Crippen LogP contribution in [-0.4, -0.2) is 54.3 Å². The van der Waals surface area contributed by atoms with E-state index in [1.54, 1.807) is 0 Å². The van der Waals surface area contributed by atoms with Crippen LogP contribution in [0.5, 0.6) is 0 Å². The second-order valence-corrected chi connectivity index (χ2v) is 22.1. The first-order valence-electron chi connectivity index (χ1n) is 16.3. The van der Waals surface area contributed by atoms with Crippen LogP contribution in [0.3, 0.4) is 0 Å². The molecule has 0 aromatic heterocycles. The van der Waals surface area contributed by atoms with E-state index in [1.165, 1.54) is 0 Å². The molecule has 0 unspecified atom stereocenters.